The summed E-state index contributed by atoms with van der Waals surface area (Å²) in [7, 11) is 0. The molecule has 0 radical (unpaired) electrons. The first kappa shape index (κ1) is 24.8. The monoisotopic (exact) mass is 456 g/mol. The van der Waals surface area contributed by atoms with Crippen molar-refractivity contribution in [1.29, 1.82) is 0 Å². The van der Waals surface area contributed by atoms with Crippen LogP contribution in [0.5, 0.6) is 5.75 Å². The quantitative estimate of drug-likeness (QED) is 0.228. The second kappa shape index (κ2) is 13.0. The molecule has 0 spiro atoms. The van der Waals surface area contributed by atoms with Crippen molar-refractivity contribution in [1.82, 2.24) is 0 Å². The van der Waals surface area contributed by atoms with Crippen molar-refractivity contribution >= 4 is 11.6 Å². The first-order chi connectivity index (χ1) is 15.6. The van der Waals surface area contributed by atoms with Gasteiger partial charge in [0.1, 0.15) is 17.4 Å². The number of benzene rings is 2. The number of halogens is 2. The average Bonchev–Trinajstić information content (AvgIpc) is 2.83. The van der Waals surface area contributed by atoms with Crippen LogP contribution in [0.1, 0.15) is 89.0 Å². The molecule has 0 aliphatic heterocycles. The lowest BCUT2D eigenvalue weighted by Gasteiger charge is -2.29. The van der Waals surface area contributed by atoms with Gasteiger partial charge in [-0.05, 0) is 60.8 Å². The fraction of sp³-hybridized carbons (Fsp3) is 0.517. The van der Waals surface area contributed by atoms with Crippen molar-refractivity contribution in [3.8, 4) is 16.9 Å². The fourth-order valence-electron chi connectivity index (χ4n) is 4.95. The van der Waals surface area contributed by atoms with Crippen LogP contribution in [-0.4, -0.2) is 6.61 Å². The van der Waals surface area contributed by atoms with Gasteiger partial charge in [0.05, 0.1) is 0 Å². The van der Waals surface area contributed by atoms with Gasteiger partial charge < -0.3 is 4.74 Å². The van der Waals surface area contributed by atoms with Crippen LogP contribution in [0.4, 0.5) is 4.39 Å². The van der Waals surface area contributed by atoms with Crippen LogP contribution in [0.2, 0.25) is 5.02 Å². The van der Waals surface area contributed by atoms with Crippen LogP contribution in [0.15, 0.2) is 49.1 Å². The highest BCUT2D eigenvalue weighted by Crippen LogP contribution is 2.39. The molecule has 3 heteroatoms. The molecule has 0 aromatic heterocycles. The van der Waals surface area contributed by atoms with E-state index >= 15 is 0 Å². The molecule has 1 nitrogen and oxygen atoms in total. The van der Waals surface area contributed by atoms with Gasteiger partial charge in [-0.25, -0.2) is 4.39 Å². The summed E-state index contributed by atoms with van der Waals surface area (Å²) in [6.45, 7) is 6.18. The Balaban J connectivity index is 1.51. The van der Waals surface area contributed by atoms with E-state index in [2.05, 4.69) is 25.6 Å². The molecule has 1 aliphatic carbocycles. The Morgan fingerprint density at radius 2 is 1.66 bits per heavy atom. The average molecular weight is 457 g/mol. The van der Waals surface area contributed by atoms with Gasteiger partial charge in [0.15, 0.2) is 5.82 Å². The predicted molar refractivity (Wildman–Crippen MR) is 135 cm³/mol. The molecule has 0 N–H and O–H groups in total. The molecule has 1 fully saturated rings. The third-order valence-corrected chi connectivity index (χ3v) is 7.26. The van der Waals surface area contributed by atoms with Crippen LogP contribution >= 0.6 is 11.6 Å². The van der Waals surface area contributed by atoms with Crippen molar-refractivity contribution in [3.63, 3.8) is 0 Å². The van der Waals surface area contributed by atoms with E-state index in [0.29, 0.717) is 23.8 Å². The summed E-state index contributed by atoms with van der Waals surface area (Å²) in [5.74, 6) is 1.46. The molecule has 1 aliphatic rings. The largest absolute Gasteiger partial charge is 0.488 e. The van der Waals surface area contributed by atoms with Gasteiger partial charge >= 0.3 is 0 Å². The minimum Gasteiger partial charge on any atom is -0.488 e. The lowest BCUT2D eigenvalue weighted by atomic mass is 9.77. The third kappa shape index (κ3) is 6.85. The second-order valence-corrected chi connectivity index (χ2v) is 9.61. The lowest BCUT2D eigenvalue weighted by molar-refractivity contribution is 0.302. The number of hydrogen-bond acceptors (Lipinski definition) is 1. The van der Waals surface area contributed by atoms with Crippen LogP contribution in [0.25, 0.3) is 11.1 Å². The van der Waals surface area contributed by atoms with E-state index in [-0.39, 0.29) is 5.02 Å². The first-order valence-electron chi connectivity index (χ1n) is 12.5. The van der Waals surface area contributed by atoms with E-state index in [1.807, 2.05) is 12.1 Å². The van der Waals surface area contributed by atoms with E-state index < -0.39 is 5.82 Å². The SMILES string of the molecule is C=CCOc1ccc(-c2ccc(C3CCC(CCCCCCCC)CC3)cc2)c(F)c1Cl. The molecule has 32 heavy (non-hydrogen) atoms. The molecule has 2 aromatic carbocycles. The van der Waals surface area contributed by atoms with E-state index in [4.69, 9.17) is 16.3 Å². The molecule has 0 bridgehead atoms. The predicted octanol–water partition coefficient (Wildman–Crippen LogP) is 9.74. The van der Waals surface area contributed by atoms with E-state index in [9.17, 15) is 4.39 Å². The summed E-state index contributed by atoms with van der Waals surface area (Å²) in [6, 6.07) is 11.9. The highest BCUT2D eigenvalue weighted by molar-refractivity contribution is 6.32. The number of hydrogen-bond donors (Lipinski definition) is 0. The smallest absolute Gasteiger partial charge is 0.153 e. The van der Waals surface area contributed by atoms with Crippen LogP contribution in [0, 0.1) is 11.7 Å². The van der Waals surface area contributed by atoms with Crippen LogP contribution in [-0.2, 0) is 0 Å². The maximum Gasteiger partial charge on any atom is 0.153 e. The minimum absolute atomic E-state index is 0.0251. The summed E-state index contributed by atoms with van der Waals surface area (Å²) in [6.07, 6.45) is 16.6. The van der Waals surface area contributed by atoms with E-state index in [0.717, 1.165) is 11.5 Å². The van der Waals surface area contributed by atoms with Gasteiger partial charge in [0.25, 0.3) is 0 Å². The third-order valence-electron chi connectivity index (χ3n) is 6.91. The lowest BCUT2D eigenvalue weighted by Crippen LogP contribution is -2.13. The maximum absolute atomic E-state index is 14.8. The van der Waals surface area contributed by atoms with Gasteiger partial charge in [0.2, 0.25) is 0 Å². The Kier molecular flexibility index (Phi) is 10.1. The first-order valence-corrected chi connectivity index (χ1v) is 12.8. The van der Waals surface area contributed by atoms with Crippen molar-refractivity contribution in [3.05, 3.63) is 65.5 Å². The Morgan fingerprint density at radius 1 is 0.969 bits per heavy atom. The fourth-order valence-corrected chi connectivity index (χ4v) is 5.17. The van der Waals surface area contributed by atoms with Gasteiger partial charge in [-0.2, -0.15) is 0 Å². The molecule has 3 rings (SSSR count). The normalized spacial score (nSPS) is 18.5. The summed E-state index contributed by atoms with van der Waals surface area (Å²) in [5, 5.41) is 0.0251. The molecule has 0 atom stereocenters. The topological polar surface area (TPSA) is 9.23 Å². The molecule has 0 heterocycles. The summed E-state index contributed by atoms with van der Waals surface area (Å²) < 4.78 is 20.2. The highest BCUT2D eigenvalue weighted by Gasteiger charge is 2.22. The van der Waals surface area contributed by atoms with Crippen LogP contribution < -0.4 is 4.74 Å². The Hall–Kier alpha value is -1.80. The zero-order valence-electron chi connectivity index (χ0n) is 19.6. The van der Waals surface area contributed by atoms with Gasteiger partial charge in [-0.1, -0.05) is 100 Å². The summed E-state index contributed by atoms with van der Waals surface area (Å²) >= 11 is 6.18. The van der Waals surface area contributed by atoms with Crippen LogP contribution in [0.3, 0.4) is 0 Å². The standard InChI is InChI=1S/C29H38ClFO/c1-3-5-6-7-8-9-10-22-11-13-23(14-12-22)24-15-17-25(18-16-24)26-19-20-27(32-21-4-2)28(30)29(26)31/h4,15-20,22-23H,2-3,5-14,21H2,1H3. The molecule has 174 valence electrons. The van der Waals surface area contributed by atoms with Crippen molar-refractivity contribution in [2.75, 3.05) is 6.61 Å². The zero-order chi connectivity index (χ0) is 22.8. The van der Waals surface area contributed by atoms with Crippen molar-refractivity contribution in [2.45, 2.75) is 83.5 Å². The van der Waals surface area contributed by atoms with Crippen molar-refractivity contribution < 1.29 is 9.13 Å². The van der Waals surface area contributed by atoms with E-state index in [1.54, 1.807) is 18.2 Å². The molecule has 0 amide bonds. The maximum atomic E-state index is 14.8. The summed E-state index contributed by atoms with van der Waals surface area (Å²) in [4.78, 5) is 0. The number of unbranched alkanes of at least 4 members (excludes halogenated alkanes) is 5. The Bertz CT molecular complexity index is 837. The number of ether oxygens (including phenoxy) is 1. The Morgan fingerprint density at radius 3 is 2.34 bits per heavy atom. The molecular weight excluding hydrogens is 419 g/mol. The second-order valence-electron chi connectivity index (χ2n) is 9.24. The summed E-state index contributed by atoms with van der Waals surface area (Å²) in [5.41, 5.74) is 2.74. The van der Waals surface area contributed by atoms with Gasteiger partial charge in [-0.15, -0.1) is 0 Å². The molecular formula is C29H38ClFO. The van der Waals surface area contributed by atoms with E-state index in [1.165, 1.54) is 76.2 Å². The molecule has 0 unspecified atom stereocenters. The van der Waals surface area contributed by atoms with Gasteiger partial charge in [-0.3, -0.25) is 0 Å². The Labute approximate surface area is 199 Å². The number of rotatable bonds is 12. The van der Waals surface area contributed by atoms with Crippen molar-refractivity contribution in [2.24, 2.45) is 5.92 Å². The van der Waals surface area contributed by atoms with Gasteiger partial charge in [0, 0.05) is 5.56 Å². The molecule has 1 saturated carbocycles. The molecule has 2 aromatic rings. The molecule has 0 saturated heterocycles. The zero-order valence-corrected chi connectivity index (χ0v) is 20.3. The minimum atomic E-state index is -0.434. The highest BCUT2D eigenvalue weighted by atomic mass is 35.5.